The van der Waals surface area contributed by atoms with Crippen molar-refractivity contribution in [2.45, 2.75) is 137 Å². The summed E-state index contributed by atoms with van der Waals surface area (Å²) in [5.41, 5.74) is 4.59. The fourth-order valence-corrected chi connectivity index (χ4v) is 12.1. The molecule has 6 rings (SSSR count). The average molecular weight is 645 g/mol. The zero-order chi connectivity index (χ0) is 33.4. The van der Waals surface area contributed by atoms with Crippen molar-refractivity contribution in [1.29, 1.82) is 0 Å². The molecule has 0 aromatic heterocycles. The molecule has 4 aliphatic rings. The topological polar surface area (TPSA) is 47.9 Å². The maximum Gasteiger partial charge on any atom is 0.165 e. The Labute approximate surface area is 286 Å². The van der Waals surface area contributed by atoms with E-state index in [1.54, 1.807) is 0 Å². The number of rotatable bonds is 12. The van der Waals surface area contributed by atoms with Crippen molar-refractivity contribution in [3.8, 4) is 5.75 Å². The summed E-state index contributed by atoms with van der Waals surface area (Å²) in [4.78, 5) is 15.6. The largest absolute Gasteiger partial charge is 0.338 e. The molecule has 4 saturated carbocycles. The molecule has 0 aliphatic heterocycles. The Balaban J connectivity index is 1.26. The summed E-state index contributed by atoms with van der Waals surface area (Å²) in [6, 6.07) is 17.5. The minimum absolute atomic E-state index is 0.0839. The van der Waals surface area contributed by atoms with Gasteiger partial charge in [0.15, 0.2) is 5.75 Å². The first-order valence-electron chi connectivity index (χ1n) is 19.4. The van der Waals surface area contributed by atoms with Crippen LogP contribution >= 0.6 is 0 Å². The molecule has 0 heterocycles. The molecule has 4 aliphatic carbocycles. The van der Waals surface area contributed by atoms with Crippen molar-refractivity contribution >= 4 is 0 Å². The van der Waals surface area contributed by atoms with Gasteiger partial charge in [-0.25, -0.2) is 4.89 Å². The Morgan fingerprint density at radius 3 is 2.30 bits per heavy atom. The van der Waals surface area contributed by atoms with Gasteiger partial charge in [0.1, 0.15) is 6.10 Å². The van der Waals surface area contributed by atoms with Gasteiger partial charge in [0.05, 0.1) is 6.61 Å². The SMILES string of the molecule is CCOOc1ccc(C2(c3cccc(C(C)OO)c3)CCC3(C)C(CCC4C3CCC3(C)C(C(C)CCCC(C)C)CCC43)C2)cc1. The van der Waals surface area contributed by atoms with E-state index in [9.17, 15) is 5.26 Å². The average Bonchev–Trinajstić information content (AvgIpc) is 3.44. The summed E-state index contributed by atoms with van der Waals surface area (Å²) in [5, 5.41) is 9.53. The lowest BCUT2D eigenvalue weighted by molar-refractivity contribution is -0.277. The highest BCUT2D eigenvalue weighted by atomic mass is 17.2. The molecule has 10 atom stereocenters. The van der Waals surface area contributed by atoms with E-state index in [0.717, 1.165) is 53.2 Å². The van der Waals surface area contributed by atoms with E-state index in [2.05, 4.69) is 83.1 Å². The van der Waals surface area contributed by atoms with Crippen molar-refractivity contribution < 1.29 is 19.9 Å². The van der Waals surface area contributed by atoms with E-state index in [-0.39, 0.29) is 11.5 Å². The minimum Gasteiger partial charge on any atom is -0.338 e. The smallest absolute Gasteiger partial charge is 0.165 e. The van der Waals surface area contributed by atoms with Crippen molar-refractivity contribution in [2.24, 2.45) is 52.3 Å². The first-order chi connectivity index (χ1) is 22.6. The maximum absolute atomic E-state index is 9.53. The van der Waals surface area contributed by atoms with Crippen LogP contribution in [0.5, 0.6) is 5.75 Å². The van der Waals surface area contributed by atoms with Crippen molar-refractivity contribution in [1.82, 2.24) is 0 Å². The second-order valence-electron chi connectivity index (χ2n) is 17.4. The van der Waals surface area contributed by atoms with Gasteiger partial charge >= 0.3 is 0 Å². The highest BCUT2D eigenvalue weighted by Crippen LogP contribution is 2.70. The standard InChI is InChI=1S/C43H64O4/c1-8-45-47-36-18-15-33(16-19-36)43(34-14-10-13-32(27-34)31(5)46-44)26-25-41(6)35(28-43)17-20-37-39-22-21-38(30(4)12-9-11-29(2)3)42(39,7)24-23-40(37)41/h10,13-16,18-19,27,29-31,35,37-40,44H,8-9,11-12,17,20-26,28H2,1-7H3. The third-order valence-corrected chi connectivity index (χ3v) is 14.7. The lowest BCUT2D eigenvalue weighted by Gasteiger charge is -2.63. The van der Waals surface area contributed by atoms with Gasteiger partial charge in [-0.2, -0.15) is 4.89 Å². The zero-order valence-corrected chi connectivity index (χ0v) is 30.6. The number of benzene rings is 2. The maximum atomic E-state index is 9.53. The molecule has 47 heavy (non-hydrogen) atoms. The number of hydrogen-bond acceptors (Lipinski definition) is 4. The first kappa shape index (κ1) is 35.0. The molecule has 0 saturated heterocycles. The molecule has 0 bridgehead atoms. The number of hydrogen-bond donors (Lipinski definition) is 1. The summed E-state index contributed by atoms with van der Waals surface area (Å²) in [6.45, 7) is 17.2. The summed E-state index contributed by atoms with van der Waals surface area (Å²) in [7, 11) is 0. The van der Waals surface area contributed by atoms with E-state index in [0.29, 0.717) is 23.4 Å². The molecule has 2 aromatic rings. The third kappa shape index (κ3) is 6.45. The van der Waals surface area contributed by atoms with Crippen LogP contribution in [0.3, 0.4) is 0 Å². The molecule has 2 aromatic carbocycles. The molecule has 4 nitrogen and oxygen atoms in total. The van der Waals surface area contributed by atoms with Crippen LogP contribution in [-0.4, -0.2) is 11.9 Å². The van der Waals surface area contributed by atoms with Crippen LogP contribution in [0.1, 0.15) is 148 Å². The van der Waals surface area contributed by atoms with Crippen LogP contribution < -0.4 is 4.89 Å². The molecule has 0 spiro atoms. The first-order valence-corrected chi connectivity index (χ1v) is 19.4. The van der Waals surface area contributed by atoms with Crippen molar-refractivity contribution in [2.75, 3.05) is 6.61 Å². The third-order valence-electron chi connectivity index (χ3n) is 14.7. The van der Waals surface area contributed by atoms with E-state index in [1.807, 2.05) is 13.8 Å². The molecule has 0 radical (unpaired) electrons. The predicted octanol–water partition coefficient (Wildman–Crippen LogP) is 12.0. The molecule has 4 heteroatoms. The Kier molecular flexibility index (Phi) is 10.5. The molecule has 4 fully saturated rings. The van der Waals surface area contributed by atoms with Gasteiger partial charge in [-0.05, 0) is 153 Å². The van der Waals surface area contributed by atoms with Crippen LogP contribution in [0.4, 0.5) is 0 Å². The van der Waals surface area contributed by atoms with Gasteiger partial charge in [-0.15, -0.1) is 0 Å². The van der Waals surface area contributed by atoms with Crippen molar-refractivity contribution in [3.63, 3.8) is 0 Å². The Morgan fingerprint density at radius 1 is 0.809 bits per heavy atom. The monoisotopic (exact) mass is 644 g/mol. The molecular weight excluding hydrogens is 580 g/mol. The molecule has 10 unspecified atom stereocenters. The van der Waals surface area contributed by atoms with Gasteiger partial charge in [0.25, 0.3) is 0 Å². The lowest BCUT2D eigenvalue weighted by atomic mass is 9.42. The molecular formula is C43H64O4. The van der Waals surface area contributed by atoms with Crippen LogP contribution in [-0.2, 0) is 15.2 Å². The van der Waals surface area contributed by atoms with Gasteiger partial charge < -0.3 is 4.89 Å². The summed E-state index contributed by atoms with van der Waals surface area (Å²) < 4.78 is 0. The van der Waals surface area contributed by atoms with E-state index in [1.165, 1.54) is 81.8 Å². The summed E-state index contributed by atoms with van der Waals surface area (Å²) >= 11 is 0. The van der Waals surface area contributed by atoms with Crippen LogP contribution in [0.2, 0.25) is 0 Å². The minimum atomic E-state index is -0.358. The Bertz CT molecular complexity index is 1320. The van der Waals surface area contributed by atoms with Gasteiger partial charge in [-0.3, -0.25) is 5.26 Å². The second kappa shape index (κ2) is 14.2. The fourth-order valence-electron chi connectivity index (χ4n) is 12.1. The Hall–Kier alpha value is -1.88. The summed E-state index contributed by atoms with van der Waals surface area (Å²) in [6.07, 6.45) is 16.0. The predicted molar refractivity (Wildman–Crippen MR) is 191 cm³/mol. The quantitative estimate of drug-likeness (QED) is 0.184. The molecule has 0 amide bonds. The molecule has 1 N–H and O–H groups in total. The van der Waals surface area contributed by atoms with Crippen LogP contribution in [0.25, 0.3) is 0 Å². The van der Waals surface area contributed by atoms with Gasteiger partial charge in [0, 0.05) is 5.41 Å². The lowest BCUT2D eigenvalue weighted by Crippen LogP contribution is -2.55. The highest BCUT2D eigenvalue weighted by molar-refractivity contribution is 5.44. The van der Waals surface area contributed by atoms with Crippen LogP contribution in [0, 0.1) is 52.3 Å². The van der Waals surface area contributed by atoms with Gasteiger partial charge in [-0.1, -0.05) is 90.3 Å². The van der Waals surface area contributed by atoms with E-state index in [4.69, 9.17) is 14.7 Å². The highest BCUT2D eigenvalue weighted by Gasteiger charge is 2.62. The van der Waals surface area contributed by atoms with E-state index < -0.39 is 0 Å². The van der Waals surface area contributed by atoms with Crippen molar-refractivity contribution in [3.05, 3.63) is 65.2 Å². The second-order valence-corrected chi connectivity index (χ2v) is 17.4. The fraction of sp³-hybridized carbons (Fsp3) is 0.721. The summed E-state index contributed by atoms with van der Waals surface area (Å²) in [5.74, 6) is 6.71. The molecule has 260 valence electrons. The number of fused-ring (bicyclic) bond motifs is 5. The van der Waals surface area contributed by atoms with Crippen LogP contribution in [0.15, 0.2) is 48.5 Å². The van der Waals surface area contributed by atoms with Gasteiger partial charge in [0.2, 0.25) is 0 Å². The zero-order valence-electron chi connectivity index (χ0n) is 30.6. The van der Waals surface area contributed by atoms with E-state index >= 15 is 0 Å². The Morgan fingerprint density at radius 2 is 1.57 bits per heavy atom. The normalized spacial score (nSPS) is 36.3.